The lowest BCUT2D eigenvalue weighted by molar-refractivity contribution is 0.411. The van der Waals surface area contributed by atoms with E-state index >= 15 is 0 Å². The van der Waals surface area contributed by atoms with Crippen LogP contribution in [0.3, 0.4) is 0 Å². The predicted octanol–water partition coefficient (Wildman–Crippen LogP) is 4.75. The molecule has 0 aliphatic heterocycles. The number of nitrogens with zero attached hydrogens (tertiary/aromatic N) is 1. The van der Waals surface area contributed by atoms with E-state index in [4.69, 9.17) is 0 Å². The van der Waals surface area contributed by atoms with Crippen LogP contribution < -0.4 is 5.32 Å². The van der Waals surface area contributed by atoms with Crippen LogP contribution in [-0.2, 0) is 0 Å². The van der Waals surface area contributed by atoms with Crippen molar-refractivity contribution >= 4 is 49.9 Å². The predicted molar refractivity (Wildman–Crippen MR) is 74.2 cm³/mol. The van der Waals surface area contributed by atoms with Crippen LogP contribution in [0, 0.1) is 27.1 Å². The van der Waals surface area contributed by atoms with E-state index < -0.39 is 29.2 Å². The van der Waals surface area contributed by atoms with Crippen molar-refractivity contribution in [2.24, 2.45) is 0 Å². The minimum atomic E-state index is -1.70. The Balaban J connectivity index is 2.46. The molecule has 1 aromatic carbocycles. The summed E-state index contributed by atoms with van der Waals surface area (Å²) in [4.78, 5) is 2.47. The van der Waals surface area contributed by atoms with Crippen LogP contribution in [0.4, 0.5) is 28.9 Å². The third-order valence-electron chi connectivity index (χ3n) is 2.19. The Labute approximate surface area is 127 Å². The zero-order chi connectivity index (χ0) is 14.2. The molecule has 0 saturated heterocycles. The topological polar surface area (TPSA) is 24.9 Å². The summed E-state index contributed by atoms with van der Waals surface area (Å²) in [6.45, 7) is 0. The number of rotatable bonds is 2. The molecule has 2 aromatic rings. The van der Waals surface area contributed by atoms with E-state index in [2.05, 4.69) is 26.2 Å². The number of aromatic nitrogens is 1. The summed E-state index contributed by atoms with van der Waals surface area (Å²) in [6.07, 6.45) is 0. The van der Waals surface area contributed by atoms with Gasteiger partial charge in [-0.15, -0.1) is 0 Å². The van der Waals surface area contributed by atoms with Gasteiger partial charge in [-0.1, -0.05) is 0 Å². The highest BCUT2D eigenvalue weighted by molar-refractivity contribution is 14.1. The van der Waals surface area contributed by atoms with Gasteiger partial charge < -0.3 is 5.32 Å². The second kappa shape index (κ2) is 5.61. The van der Waals surface area contributed by atoms with E-state index in [1.165, 1.54) is 12.1 Å². The number of benzene rings is 1. The van der Waals surface area contributed by atoms with Gasteiger partial charge in [-0.2, -0.15) is 22.5 Å². The highest BCUT2D eigenvalue weighted by Gasteiger charge is 2.20. The summed E-state index contributed by atoms with van der Waals surface area (Å²) in [5.74, 6) is -6.56. The van der Waals surface area contributed by atoms with Crippen LogP contribution in [0.25, 0.3) is 0 Å². The summed E-state index contributed by atoms with van der Waals surface area (Å²) < 4.78 is 54.2. The lowest BCUT2D eigenvalue weighted by Gasteiger charge is -2.10. The van der Waals surface area contributed by atoms with Crippen molar-refractivity contribution in [3.63, 3.8) is 0 Å². The molecule has 0 atom stereocenters. The van der Waals surface area contributed by atoms with Crippen LogP contribution in [0.2, 0.25) is 0 Å². The largest absolute Gasteiger partial charge is 0.350 e. The van der Waals surface area contributed by atoms with E-state index in [1.54, 1.807) is 6.07 Å². The molecule has 0 fully saturated rings. The van der Waals surface area contributed by atoms with Gasteiger partial charge in [-0.05, 0) is 56.7 Å². The smallest absolute Gasteiger partial charge is 0.253 e. The van der Waals surface area contributed by atoms with Gasteiger partial charge in [0.15, 0.2) is 0 Å². The second-order valence-electron chi connectivity index (χ2n) is 3.45. The van der Waals surface area contributed by atoms with E-state index in [0.29, 0.717) is 4.47 Å². The van der Waals surface area contributed by atoms with E-state index in [1.807, 2.05) is 22.6 Å². The molecule has 1 aromatic heterocycles. The SMILES string of the molecule is Fc1nc(F)c(F)c(Nc2ccc(I)c(Br)c2)c1F. The third kappa shape index (κ3) is 2.99. The molecular formula is C11H4BrF4IN2. The van der Waals surface area contributed by atoms with Gasteiger partial charge in [-0.25, -0.2) is 0 Å². The molecule has 0 bridgehead atoms. The highest BCUT2D eigenvalue weighted by atomic mass is 127. The summed E-state index contributed by atoms with van der Waals surface area (Å²) in [5.41, 5.74) is -0.645. The average molecular weight is 447 g/mol. The first-order chi connectivity index (χ1) is 8.90. The van der Waals surface area contributed by atoms with Crippen molar-refractivity contribution in [3.05, 3.63) is 49.8 Å². The lowest BCUT2D eigenvalue weighted by atomic mass is 10.3. The molecule has 100 valence electrons. The molecule has 0 aliphatic rings. The lowest BCUT2D eigenvalue weighted by Crippen LogP contribution is -2.06. The number of halogens is 6. The summed E-state index contributed by atoms with van der Waals surface area (Å²) in [6, 6.07) is 4.70. The number of hydrogen-bond acceptors (Lipinski definition) is 2. The molecule has 1 heterocycles. The molecule has 19 heavy (non-hydrogen) atoms. The van der Waals surface area contributed by atoms with E-state index in [-0.39, 0.29) is 5.69 Å². The van der Waals surface area contributed by atoms with Crippen LogP contribution in [0.1, 0.15) is 0 Å². The van der Waals surface area contributed by atoms with Crippen LogP contribution in [0.5, 0.6) is 0 Å². The Morgan fingerprint density at radius 2 is 1.63 bits per heavy atom. The summed E-state index contributed by atoms with van der Waals surface area (Å²) in [5, 5.41) is 2.29. The maximum Gasteiger partial charge on any atom is 0.253 e. The van der Waals surface area contributed by atoms with Gasteiger partial charge in [-0.3, -0.25) is 0 Å². The molecule has 0 spiro atoms. The molecule has 0 aliphatic carbocycles. The fourth-order valence-electron chi connectivity index (χ4n) is 1.31. The number of anilines is 2. The zero-order valence-corrected chi connectivity index (χ0v) is 12.7. The van der Waals surface area contributed by atoms with Crippen molar-refractivity contribution in [2.45, 2.75) is 0 Å². The van der Waals surface area contributed by atoms with Gasteiger partial charge in [0.25, 0.3) is 11.9 Å². The Hall–Kier alpha value is -0.900. The fourth-order valence-corrected chi connectivity index (χ4v) is 2.03. The number of pyridine rings is 1. The van der Waals surface area contributed by atoms with Gasteiger partial charge in [0.1, 0.15) is 5.69 Å². The molecule has 1 N–H and O–H groups in total. The minimum Gasteiger partial charge on any atom is -0.350 e. The first-order valence-corrected chi connectivity index (χ1v) is 6.69. The average Bonchev–Trinajstić information content (AvgIpc) is 2.36. The van der Waals surface area contributed by atoms with Crippen LogP contribution >= 0.6 is 38.5 Å². The van der Waals surface area contributed by atoms with Crippen LogP contribution in [-0.4, -0.2) is 4.98 Å². The minimum absolute atomic E-state index is 0.273. The summed E-state index contributed by atoms with van der Waals surface area (Å²) >= 11 is 5.27. The number of nitrogens with one attached hydrogen (secondary N) is 1. The summed E-state index contributed by atoms with van der Waals surface area (Å²) in [7, 11) is 0. The van der Waals surface area contributed by atoms with E-state index in [0.717, 1.165) is 3.57 Å². The van der Waals surface area contributed by atoms with E-state index in [9.17, 15) is 17.6 Å². The van der Waals surface area contributed by atoms with Crippen molar-refractivity contribution < 1.29 is 17.6 Å². The Kier molecular flexibility index (Phi) is 4.29. The monoisotopic (exact) mass is 446 g/mol. The quantitative estimate of drug-likeness (QED) is 0.409. The Morgan fingerprint density at radius 1 is 1.05 bits per heavy atom. The molecule has 2 nitrogen and oxygen atoms in total. The second-order valence-corrected chi connectivity index (χ2v) is 5.47. The van der Waals surface area contributed by atoms with Crippen molar-refractivity contribution in [2.75, 3.05) is 5.32 Å². The van der Waals surface area contributed by atoms with Crippen molar-refractivity contribution in [3.8, 4) is 0 Å². The zero-order valence-electron chi connectivity index (χ0n) is 8.95. The fraction of sp³-hybridized carbons (Fsp3) is 0. The maximum atomic E-state index is 13.4. The van der Waals surface area contributed by atoms with Gasteiger partial charge >= 0.3 is 0 Å². The first kappa shape index (κ1) is 14.5. The molecule has 0 radical (unpaired) electrons. The third-order valence-corrected chi connectivity index (χ3v) is 4.52. The highest BCUT2D eigenvalue weighted by Crippen LogP contribution is 2.28. The molecule has 2 rings (SSSR count). The number of hydrogen-bond donors (Lipinski definition) is 1. The Morgan fingerprint density at radius 3 is 2.16 bits per heavy atom. The van der Waals surface area contributed by atoms with Gasteiger partial charge in [0.2, 0.25) is 11.6 Å². The normalized spacial score (nSPS) is 10.6. The molecular weight excluding hydrogens is 443 g/mol. The van der Waals surface area contributed by atoms with Crippen molar-refractivity contribution in [1.82, 2.24) is 4.98 Å². The van der Waals surface area contributed by atoms with Crippen LogP contribution in [0.15, 0.2) is 22.7 Å². The standard InChI is InChI=1S/C11H4BrF4IN2/c12-5-3-4(1-2-6(5)17)18-9-7(13)10(15)19-11(16)8(9)14/h1-3H,(H,18,19). The Bertz CT molecular complexity index is 625. The van der Waals surface area contributed by atoms with Gasteiger partial charge in [0, 0.05) is 13.7 Å². The maximum absolute atomic E-state index is 13.4. The molecule has 0 saturated carbocycles. The molecule has 0 amide bonds. The molecule has 0 unspecified atom stereocenters. The first-order valence-electron chi connectivity index (χ1n) is 4.82. The van der Waals surface area contributed by atoms with Gasteiger partial charge in [0.05, 0.1) is 0 Å². The molecule has 8 heteroatoms. The van der Waals surface area contributed by atoms with Crippen molar-refractivity contribution in [1.29, 1.82) is 0 Å².